The lowest BCUT2D eigenvalue weighted by atomic mass is 10.2. The molecule has 0 bridgehead atoms. The first kappa shape index (κ1) is 18.8. The quantitative estimate of drug-likeness (QED) is 0.740. The van der Waals surface area contributed by atoms with Gasteiger partial charge in [-0.1, -0.05) is 18.2 Å². The Labute approximate surface area is 154 Å². The van der Waals surface area contributed by atoms with E-state index >= 15 is 0 Å². The number of halogens is 1. The van der Waals surface area contributed by atoms with Gasteiger partial charge in [0.2, 0.25) is 0 Å². The van der Waals surface area contributed by atoms with Gasteiger partial charge in [-0.15, -0.1) is 0 Å². The van der Waals surface area contributed by atoms with Crippen LogP contribution in [0.3, 0.4) is 0 Å². The predicted octanol–water partition coefficient (Wildman–Crippen LogP) is 3.57. The molecule has 0 heterocycles. The molecule has 0 atom stereocenters. The summed E-state index contributed by atoms with van der Waals surface area (Å²) in [4.78, 5) is 24.1. The second-order valence-corrected chi connectivity index (χ2v) is 5.93. The van der Waals surface area contributed by atoms with Crippen molar-refractivity contribution in [1.82, 2.24) is 0 Å². The number of nitrogens with one attached hydrogen (secondary N) is 1. The minimum Gasteiger partial charge on any atom is -0.495 e. The molecule has 7 heteroatoms. The van der Waals surface area contributed by atoms with E-state index in [1.807, 2.05) is 25.1 Å². The van der Waals surface area contributed by atoms with E-state index in [0.717, 1.165) is 5.56 Å². The Balaban J connectivity index is 2.03. The number of hydrogen-bond donors (Lipinski definition) is 1. The summed E-state index contributed by atoms with van der Waals surface area (Å²) in [5.41, 5.74) is 1.82. The number of benzene rings is 2. The highest BCUT2D eigenvalue weighted by atomic mass is 79.9. The fourth-order valence-electron chi connectivity index (χ4n) is 2.10. The van der Waals surface area contributed by atoms with Crippen LogP contribution in [0.25, 0.3) is 0 Å². The molecule has 25 heavy (non-hydrogen) atoms. The third-order valence-electron chi connectivity index (χ3n) is 3.43. The Morgan fingerprint density at radius 2 is 1.68 bits per heavy atom. The van der Waals surface area contributed by atoms with Gasteiger partial charge in [0.1, 0.15) is 16.0 Å². The first-order valence-electron chi connectivity index (χ1n) is 7.40. The highest BCUT2D eigenvalue weighted by molar-refractivity contribution is 9.10. The van der Waals surface area contributed by atoms with E-state index in [1.54, 1.807) is 6.07 Å². The molecule has 0 aliphatic heterocycles. The lowest BCUT2D eigenvalue weighted by molar-refractivity contribution is -0.119. The van der Waals surface area contributed by atoms with E-state index in [0.29, 0.717) is 21.7 Å². The van der Waals surface area contributed by atoms with Crippen LogP contribution in [0.5, 0.6) is 11.5 Å². The lowest BCUT2D eigenvalue weighted by Gasteiger charge is -2.12. The third-order valence-corrected chi connectivity index (χ3v) is 4.22. The maximum absolute atomic E-state index is 12.2. The van der Waals surface area contributed by atoms with E-state index < -0.39 is 18.5 Å². The van der Waals surface area contributed by atoms with E-state index in [4.69, 9.17) is 14.2 Å². The van der Waals surface area contributed by atoms with Gasteiger partial charge < -0.3 is 19.5 Å². The molecule has 1 N–H and O–H groups in total. The summed E-state index contributed by atoms with van der Waals surface area (Å²) in [5, 5.41) is 2.70. The van der Waals surface area contributed by atoms with Crippen molar-refractivity contribution in [2.24, 2.45) is 0 Å². The van der Waals surface area contributed by atoms with Crippen LogP contribution in [-0.2, 0) is 9.53 Å². The summed E-state index contributed by atoms with van der Waals surface area (Å²) in [6.45, 7) is 1.48. The molecule has 0 saturated heterocycles. The Hall–Kier alpha value is -2.54. The molecule has 6 nitrogen and oxygen atoms in total. The highest BCUT2D eigenvalue weighted by Crippen LogP contribution is 2.35. The molecule has 0 spiro atoms. The van der Waals surface area contributed by atoms with E-state index in [-0.39, 0.29) is 5.56 Å². The lowest BCUT2D eigenvalue weighted by Crippen LogP contribution is -2.21. The number of carbonyl (C=O) groups excluding carboxylic acids is 2. The molecule has 2 rings (SSSR count). The van der Waals surface area contributed by atoms with Gasteiger partial charge in [0.25, 0.3) is 5.91 Å². The SMILES string of the molecule is COc1cc(C(=O)OCC(=O)Nc2ccccc2C)cc(OC)c1Br. The van der Waals surface area contributed by atoms with Crippen molar-refractivity contribution in [3.8, 4) is 11.5 Å². The van der Waals surface area contributed by atoms with Gasteiger partial charge in [0, 0.05) is 5.69 Å². The largest absolute Gasteiger partial charge is 0.495 e. The zero-order valence-corrected chi connectivity index (χ0v) is 15.7. The van der Waals surface area contributed by atoms with Crippen molar-refractivity contribution in [1.29, 1.82) is 0 Å². The van der Waals surface area contributed by atoms with Crippen molar-refractivity contribution in [2.75, 3.05) is 26.1 Å². The van der Waals surface area contributed by atoms with Gasteiger partial charge in [-0.3, -0.25) is 4.79 Å². The number of hydrogen-bond acceptors (Lipinski definition) is 5. The number of aryl methyl sites for hydroxylation is 1. The van der Waals surface area contributed by atoms with Gasteiger partial charge in [0.15, 0.2) is 6.61 Å². The van der Waals surface area contributed by atoms with Crippen LogP contribution in [0.4, 0.5) is 5.69 Å². The molecule has 132 valence electrons. The second kappa shape index (κ2) is 8.53. The number of ether oxygens (including phenoxy) is 3. The first-order chi connectivity index (χ1) is 12.0. The Bertz CT molecular complexity index is 766. The van der Waals surface area contributed by atoms with Crippen molar-refractivity contribution >= 4 is 33.5 Å². The first-order valence-corrected chi connectivity index (χ1v) is 8.19. The smallest absolute Gasteiger partial charge is 0.338 e. The summed E-state index contributed by atoms with van der Waals surface area (Å²) in [5.74, 6) is -0.214. The Morgan fingerprint density at radius 1 is 1.08 bits per heavy atom. The molecule has 0 fully saturated rings. The average molecular weight is 408 g/mol. The monoisotopic (exact) mass is 407 g/mol. The second-order valence-electron chi connectivity index (χ2n) is 5.13. The summed E-state index contributed by atoms with van der Waals surface area (Å²) in [7, 11) is 2.95. The number of methoxy groups -OCH3 is 2. The predicted molar refractivity (Wildman–Crippen MR) is 97.3 cm³/mol. The number of amides is 1. The normalized spacial score (nSPS) is 10.1. The van der Waals surface area contributed by atoms with Crippen LogP contribution in [0.2, 0.25) is 0 Å². The minimum absolute atomic E-state index is 0.223. The maximum Gasteiger partial charge on any atom is 0.338 e. The van der Waals surface area contributed by atoms with Crippen molar-refractivity contribution in [2.45, 2.75) is 6.92 Å². The third kappa shape index (κ3) is 4.73. The molecular weight excluding hydrogens is 390 g/mol. The number of rotatable bonds is 6. The number of esters is 1. The van der Waals surface area contributed by atoms with Gasteiger partial charge in [-0.25, -0.2) is 4.79 Å². The highest BCUT2D eigenvalue weighted by Gasteiger charge is 2.17. The fraction of sp³-hybridized carbons (Fsp3) is 0.222. The van der Waals surface area contributed by atoms with Crippen LogP contribution in [-0.4, -0.2) is 32.7 Å². The Kier molecular flexibility index (Phi) is 6.41. The van der Waals surface area contributed by atoms with Crippen LogP contribution in [0.15, 0.2) is 40.9 Å². The van der Waals surface area contributed by atoms with Crippen LogP contribution >= 0.6 is 15.9 Å². The van der Waals surface area contributed by atoms with Crippen molar-refractivity contribution < 1.29 is 23.8 Å². The van der Waals surface area contributed by atoms with E-state index in [1.165, 1.54) is 26.4 Å². The van der Waals surface area contributed by atoms with Crippen molar-refractivity contribution in [3.63, 3.8) is 0 Å². The van der Waals surface area contributed by atoms with Crippen LogP contribution in [0, 0.1) is 6.92 Å². The van der Waals surface area contributed by atoms with Gasteiger partial charge in [-0.2, -0.15) is 0 Å². The Morgan fingerprint density at radius 3 is 2.24 bits per heavy atom. The van der Waals surface area contributed by atoms with Crippen LogP contribution in [0.1, 0.15) is 15.9 Å². The standard InChI is InChI=1S/C18H18BrNO5/c1-11-6-4-5-7-13(11)20-16(21)10-25-18(22)12-8-14(23-2)17(19)15(9-12)24-3/h4-9H,10H2,1-3H3,(H,20,21). The minimum atomic E-state index is -0.649. The molecule has 0 saturated carbocycles. The van der Waals surface area contributed by atoms with Gasteiger partial charge in [0.05, 0.1) is 19.8 Å². The summed E-state index contributed by atoms with van der Waals surface area (Å²) < 4.78 is 16.0. The zero-order chi connectivity index (χ0) is 18.4. The van der Waals surface area contributed by atoms with Gasteiger partial charge >= 0.3 is 5.97 Å². The maximum atomic E-state index is 12.2. The molecule has 0 aliphatic rings. The van der Waals surface area contributed by atoms with Gasteiger partial charge in [-0.05, 0) is 46.6 Å². The molecule has 0 radical (unpaired) electrons. The summed E-state index contributed by atoms with van der Waals surface area (Å²) in [6, 6.07) is 10.4. The molecule has 2 aromatic rings. The van der Waals surface area contributed by atoms with E-state index in [2.05, 4.69) is 21.2 Å². The van der Waals surface area contributed by atoms with Crippen LogP contribution < -0.4 is 14.8 Å². The molecule has 0 aromatic heterocycles. The molecule has 1 amide bonds. The summed E-state index contributed by atoms with van der Waals surface area (Å²) >= 11 is 3.32. The number of para-hydroxylation sites is 1. The molecule has 0 aliphatic carbocycles. The number of anilines is 1. The molecular formula is C18H18BrNO5. The molecule has 2 aromatic carbocycles. The van der Waals surface area contributed by atoms with E-state index in [9.17, 15) is 9.59 Å². The topological polar surface area (TPSA) is 73.9 Å². The number of carbonyl (C=O) groups is 2. The zero-order valence-electron chi connectivity index (χ0n) is 14.1. The summed E-state index contributed by atoms with van der Waals surface area (Å²) in [6.07, 6.45) is 0. The van der Waals surface area contributed by atoms with Crippen molar-refractivity contribution in [3.05, 3.63) is 52.0 Å². The average Bonchev–Trinajstić information content (AvgIpc) is 2.61. The fourth-order valence-corrected chi connectivity index (χ4v) is 2.65. The molecule has 0 unspecified atom stereocenters.